The highest BCUT2D eigenvalue weighted by Crippen LogP contribution is 2.10. The molecule has 0 spiro atoms. The van der Waals surface area contributed by atoms with Gasteiger partial charge in [-0.3, -0.25) is 4.79 Å². The van der Waals surface area contributed by atoms with Gasteiger partial charge in [-0.05, 0) is 25.2 Å². The Morgan fingerprint density at radius 2 is 1.94 bits per heavy atom. The summed E-state index contributed by atoms with van der Waals surface area (Å²) in [5.41, 5.74) is 2.36. The van der Waals surface area contributed by atoms with Crippen molar-refractivity contribution in [2.24, 2.45) is 0 Å². The minimum Gasteiger partial charge on any atom is -0.351 e. The maximum atomic E-state index is 11.1. The predicted molar refractivity (Wildman–Crippen MR) is 66.4 cm³/mol. The zero-order valence-corrected chi connectivity index (χ0v) is 10.4. The fourth-order valence-corrected chi connectivity index (χ4v) is 1.56. The minimum atomic E-state index is -0.138. The van der Waals surface area contributed by atoms with Crippen LogP contribution in [0.3, 0.4) is 0 Å². The molecular weight excluding hydrogens is 224 g/mol. The molecule has 0 aliphatic heterocycles. The number of nitrogens with one attached hydrogen (secondary N) is 1. The van der Waals surface area contributed by atoms with E-state index in [9.17, 15) is 4.79 Å². The highest BCUT2D eigenvalue weighted by molar-refractivity contribution is 6.27. The molecule has 1 rings (SSSR count). The monoisotopic (exact) mass is 240 g/mol. The molecule has 0 atom stereocenters. The van der Waals surface area contributed by atoms with Gasteiger partial charge in [0, 0.05) is 13.1 Å². The topological polar surface area (TPSA) is 32.3 Å². The predicted octanol–water partition coefficient (Wildman–Crippen LogP) is 1.60. The zero-order valence-electron chi connectivity index (χ0n) is 9.66. The van der Waals surface area contributed by atoms with Crippen molar-refractivity contribution in [2.45, 2.75) is 13.1 Å². The van der Waals surface area contributed by atoms with Crippen molar-refractivity contribution < 1.29 is 4.79 Å². The molecule has 1 aromatic carbocycles. The molecule has 88 valence electrons. The van der Waals surface area contributed by atoms with E-state index in [0.717, 1.165) is 12.1 Å². The molecule has 0 aromatic heterocycles. The number of carbonyl (C=O) groups excluding carboxylic acids is 1. The van der Waals surface area contributed by atoms with Gasteiger partial charge in [-0.25, -0.2) is 0 Å². The van der Waals surface area contributed by atoms with E-state index in [2.05, 4.69) is 16.3 Å². The molecular formula is C12H17ClN2O. The summed E-state index contributed by atoms with van der Waals surface area (Å²) in [6.45, 7) is 1.41. The van der Waals surface area contributed by atoms with Crippen molar-refractivity contribution in [2.75, 3.05) is 20.0 Å². The van der Waals surface area contributed by atoms with Crippen LogP contribution in [0.4, 0.5) is 0 Å². The van der Waals surface area contributed by atoms with Crippen LogP contribution in [-0.4, -0.2) is 30.8 Å². The average Bonchev–Trinajstić information content (AvgIpc) is 2.26. The van der Waals surface area contributed by atoms with Crippen LogP contribution in [0.5, 0.6) is 0 Å². The number of halogens is 1. The highest BCUT2D eigenvalue weighted by Gasteiger charge is 2.04. The SMILES string of the molecule is CN(C)Cc1ccccc1CNC(=O)CCl. The van der Waals surface area contributed by atoms with Gasteiger partial charge < -0.3 is 10.2 Å². The van der Waals surface area contributed by atoms with E-state index < -0.39 is 0 Å². The van der Waals surface area contributed by atoms with Crippen molar-refractivity contribution in [3.05, 3.63) is 35.4 Å². The Bertz CT molecular complexity index is 353. The highest BCUT2D eigenvalue weighted by atomic mass is 35.5. The molecule has 3 nitrogen and oxygen atoms in total. The number of alkyl halides is 1. The number of benzene rings is 1. The Balaban J connectivity index is 2.67. The van der Waals surface area contributed by atoms with Gasteiger partial charge >= 0.3 is 0 Å². The summed E-state index contributed by atoms with van der Waals surface area (Å²) < 4.78 is 0. The van der Waals surface area contributed by atoms with Gasteiger partial charge in [0.1, 0.15) is 5.88 Å². The van der Waals surface area contributed by atoms with Crippen LogP contribution in [0, 0.1) is 0 Å². The molecule has 4 heteroatoms. The number of nitrogens with zero attached hydrogens (tertiary/aromatic N) is 1. The van der Waals surface area contributed by atoms with Crippen LogP contribution in [-0.2, 0) is 17.9 Å². The van der Waals surface area contributed by atoms with Gasteiger partial charge in [-0.15, -0.1) is 11.6 Å². The Morgan fingerprint density at radius 3 is 2.50 bits per heavy atom. The van der Waals surface area contributed by atoms with Crippen LogP contribution >= 0.6 is 11.6 Å². The lowest BCUT2D eigenvalue weighted by Crippen LogP contribution is -2.24. The van der Waals surface area contributed by atoms with Crippen molar-refractivity contribution in [1.82, 2.24) is 10.2 Å². The molecule has 0 saturated carbocycles. The van der Waals surface area contributed by atoms with E-state index in [0.29, 0.717) is 6.54 Å². The first-order valence-corrected chi connectivity index (χ1v) is 5.71. The molecule has 0 bridgehead atoms. The summed E-state index contributed by atoms with van der Waals surface area (Å²) in [6.07, 6.45) is 0. The molecule has 0 unspecified atom stereocenters. The second-order valence-corrected chi connectivity index (χ2v) is 4.18. The maximum Gasteiger partial charge on any atom is 0.235 e. The molecule has 0 fully saturated rings. The number of hydrogen-bond acceptors (Lipinski definition) is 2. The fourth-order valence-electron chi connectivity index (χ4n) is 1.47. The Morgan fingerprint density at radius 1 is 1.31 bits per heavy atom. The average molecular weight is 241 g/mol. The van der Waals surface area contributed by atoms with Crippen molar-refractivity contribution >= 4 is 17.5 Å². The Hall–Kier alpha value is -1.06. The van der Waals surface area contributed by atoms with Crippen LogP contribution in [0.15, 0.2) is 24.3 Å². The van der Waals surface area contributed by atoms with E-state index in [1.165, 1.54) is 5.56 Å². The third-order valence-electron chi connectivity index (χ3n) is 2.20. The lowest BCUT2D eigenvalue weighted by Gasteiger charge is -2.14. The first kappa shape index (κ1) is 13.0. The van der Waals surface area contributed by atoms with Gasteiger partial charge in [0.2, 0.25) is 5.91 Å². The van der Waals surface area contributed by atoms with E-state index in [1.54, 1.807) is 0 Å². The third kappa shape index (κ3) is 4.21. The molecule has 16 heavy (non-hydrogen) atoms. The van der Waals surface area contributed by atoms with Crippen LogP contribution in [0.1, 0.15) is 11.1 Å². The van der Waals surface area contributed by atoms with E-state index in [1.807, 2.05) is 32.3 Å². The van der Waals surface area contributed by atoms with Crippen LogP contribution in [0.2, 0.25) is 0 Å². The maximum absolute atomic E-state index is 11.1. The van der Waals surface area contributed by atoms with Crippen LogP contribution < -0.4 is 5.32 Å². The molecule has 1 amide bonds. The largest absolute Gasteiger partial charge is 0.351 e. The number of rotatable bonds is 5. The van der Waals surface area contributed by atoms with E-state index in [4.69, 9.17) is 11.6 Å². The summed E-state index contributed by atoms with van der Waals surface area (Å²) in [7, 11) is 4.04. The standard InChI is InChI=1S/C12H17ClN2O/c1-15(2)9-11-6-4-3-5-10(11)8-14-12(16)7-13/h3-6H,7-9H2,1-2H3,(H,14,16). The molecule has 1 N–H and O–H groups in total. The first-order chi connectivity index (χ1) is 7.63. The van der Waals surface area contributed by atoms with E-state index >= 15 is 0 Å². The molecule has 0 aliphatic rings. The summed E-state index contributed by atoms with van der Waals surface area (Å²) in [5, 5.41) is 2.77. The third-order valence-corrected chi connectivity index (χ3v) is 2.45. The van der Waals surface area contributed by atoms with Crippen molar-refractivity contribution in [3.63, 3.8) is 0 Å². The van der Waals surface area contributed by atoms with Gasteiger partial charge in [0.05, 0.1) is 0 Å². The second-order valence-electron chi connectivity index (χ2n) is 3.92. The van der Waals surface area contributed by atoms with E-state index in [-0.39, 0.29) is 11.8 Å². The summed E-state index contributed by atoms with van der Waals surface area (Å²) in [4.78, 5) is 13.2. The minimum absolute atomic E-state index is 0.00977. The summed E-state index contributed by atoms with van der Waals surface area (Å²) >= 11 is 5.42. The smallest absolute Gasteiger partial charge is 0.235 e. The first-order valence-electron chi connectivity index (χ1n) is 5.17. The zero-order chi connectivity index (χ0) is 12.0. The number of carbonyl (C=O) groups is 1. The number of amides is 1. The second kappa shape index (κ2) is 6.51. The number of hydrogen-bond donors (Lipinski definition) is 1. The van der Waals surface area contributed by atoms with Gasteiger partial charge in [0.15, 0.2) is 0 Å². The normalized spacial score (nSPS) is 10.5. The fraction of sp³-hybridized carbons (Fsp3) is 0.417. The Kier molecular flexibility index (Phi) is 5.29. The van der Waals surface area contributed by atoms with Gasteiger partial charge in [-0.2, -0.15) is 0 Å². The van der Waals surface area contributed by atoms with Crippen LogP contribution in [0.25, 0.3) is 0 Å². The molecule has 0 aliphatic carbocycles. The molecule has 0 heterocycles. The Labute approximate surface area is 101 Å². The lowest BCUT2D eigenvalue weighted by molar-refractivity contribution is -0.118. The van der Waals surface area contributed by atoms with Crippen molar-refractivity contribution in [1.29, 1.82) is 0 Å². The quantitative estimate of drug-likeness (QED) is 0.793. The molecule has 1 aromatic rings. The summed E-state index contributed by atoms with van der Waals surface area (Å²) in [6, 6.07) is 8.07. The molecule has 0 radical (unpaired) electrons. The molecule has 0 saturated heterocycles. The lowest BCUT2D eigenvalue weighted by atomic mass is 10.1. The van der Waals surface area contributed by atoms with Crippen molar-refractivity contribution in [3.8, 4) is 0 Å². The summed E-state index contributed by atoms with van der Waals surface area (Å²) in [5.74, 6) is -0.128. The van der Waals surface area contributed by atoms with Gasteiger partial charge in [-0.1, -0.05) is 24.3 Å². The van der Waals surface area contributed by atoms with Gasteiger partial charge in [0.25, 0.3) is 0 Å².